The summed E-state index contributed by atoms with van der Waals surface area (Å²) in [7, 11) is 0. The maximum Gasteiger partial charge on any atom is 0.333 e. The number of hydrogen-bond acceptors (Lipinski definition) is 11. The smallest absolute Gasteiger partial charge is 0.333 e. The van der Waals surface area contributed by atoms with Crippen molar-refractivity contribution in [3.05, 3.63) is 47.3 Å². The highest BCUT2D eigenvalue weighted by Gasteiger charge is 2.49. The lowest BCUT2D eigenvalue weighted by atomic mass is 9.88. The van der Waals surface area contributed by atoms with Crippen LogP contribution < -0.4 is 0 Å². The fourth-order valence-electron chi connectivity index (χ4n) is 4.48. The molecule has 9 atom stereocenters. The predicted octanol–water partition coefficient (Wildman–Crippen LogP) is -0.585. The van der Waals surface area contributed by atoms with Gasteiger partial charge >= 0.3 is 5.97 Å². The number of carbonyl (C=O) groups is 1. The minimum atomic E-state index is -1.61. The molecule has 9 unspecified atom stereocenters. The number of ether oxygens (including phenoxy) is 4. The van der Waals surface area contributed by atoms with Crippen molar-refractivity contribution in [2.45, 2.75) is 69.8 Å². The molecule has 1 saturated heterocycles. The first kappa shape index (κ1) is 28.5. The quantitative estimate of drug-likeness (QED) is 0.125. The van der Waals surface area contributed by atoms with Crippen LogP contribution in [0.25, 0.3) is 0 Å². The van der Waals surface area contributed by atoms with Gasteiger partial charge in [-0.2, -0.15) is 0 Å². The van der Waals surface area contributed by atoms with Gasteiger partial charge < -0.3 is 49.6 Å². The number of aliphatic hydroxyl groups excluding tert-OH is 6. The first-order valence-corrected chi connectivity index (χ1v) is 11.9. The van der Waals surface area contributed by atoms with Crippen molar-refractivity contribution in [3.63, 3.8) is 0 Å². The van der Waals surface area contributed by atoms with Crippen molar-refractivity contribution in [1.82, 2.24) is 0 Å². The molecule has 2 aliphatic heterocycles. The van der Waals surface area contributed by atoms with Crippen LogP contribution in [0.2, 0.25) is 0 Å². The van der Waals surface area contributed by atoms with Crippen LogP contribution in [-0.4, -0.2) is 99.5 Å². The van der Waals surface area contributed by atoms with E-state index in [-0.39, 0.29) is 13.2 Å². The Morgan fingerprint density at radius 2 is 1.81 bits per heavy atom. The van der Waals surface area contributed by atoms with E-state index in [0.29, 0.717) is 24.0 Å². The second-order valence-electron chi connectivity index (χ2n) is 9.24. The summed E-state index contributed by atoms with van der Waals surface area (Å²) in [6.45, 7) is 2.78. The normalized spacial score (nSPS) is 36.8. The Hall–Kier alpha value is -2.09. The van der Waals surface area contributed by atoms with Crippen LogP contribution in [0, 0.1) is 11.8 Å². The topological polar surface area (TPSA) is 175 Å². The van der Waals surface area contributed by atoms with Gasteiger partial charge in [-0.05, 0) is 38.3 Å². The summed E-state index contributed by atoms with van der Waals surface area (Å²) in [6, 6.07) is 0. The molecular formula is C25H36O11. The number of hydrogen-bond donors (Lipinski definition) is 6. The molecule has 0 bridgehead atoms. The van der Waals surface area contributed by atoms with Gasteiger partial charge in [0.1, 0.15) is 31.0 Å². The highest BCUT2D eigenvalue weighted by atomic mass is 16.8. The van der Waals surface area contributed by atoms with Gasteiger partial charge in [-0.25, -0.2) is 4.79 Å². The van der Waals surface area contributed by atoms with E-state index < -0.39 is 67.5 Å². The third-order valence-electron chi connectivity index (χ3n) is 6.67. The maximum atomic E-state index is 12.5. The average Bonchev–Trinajstić information content (AvgIpc) is 3.19. The minimum absolute atomic E-state index is 0.0281. The van der Waals surface area contributed by atoms with Gasteiger partial charge in [0, 0.05) is 11.5 Å². The summed E-state index contributed by atoms with van der Waals surface area (Å²) in [5.74, 6) is -1.54. The van der Waals surface area contributed by atoms with E-state index in [1.807, 2.05) is 6.92 Å². The van der Waals surface area contributed by atoms with Crippen LogP contribution in [0.5, 0.6) is 0 Å². The standard InChI is InChI=1S/C25H36O11/c1-13(6-8-26)4-3-5-14(2)23(32)34-12-15-10-17(28)16-7-9-33-24(19(15)16)36-25-22(31)21(30)20(29)18(11-27)35-25/h5-7,9-10,16-22,24-31H,3-4,8,11-12H2,1-2H3. The third kappa shape index (κ3) is 6.61. The van der Waals surface area contributed by atoms with E-state index in [1.54, 1.807) is 31.2 Å². The van der Waals surface area contributed by atoms with Crippen molar-refractivity contribution in [2.75, 3.05) is 19.8 Å². The zero-order valence-corrected chi connectivity index (χ0v) is 20.3. The summed E-state index contributed by atoms with van der Waals surface area (Å²) < 4.78 is 22.2. The highest BCUT2D eigenvalue weighted by molar-refractivity contribution is 5.87. The molecule has 3 rings (SSSR count). The molecule has 0 spiro atoms. The Labute approximate surface area is 209 Å². The van der Waals surface area contributed by atoms with Gasteiger partial charge in [0.25, 0.3) is 0 Å². The van der Waals surface area contributed by atoms with Gasteiger partial charge in [-0.15, -0.1) is 0 Å². The highest BCUT2D eigenvalue weighted by Crippen LogP contribution is 2.41. The molecule has 0 aromatic carbocycles. The molecule has 1 fully saturated rings. The number of esters is 1. The summed E-state index contributed by atoms with van der Waals surface area (Å²) in [6.07, 6.45) is 0.0670. The largest absolute Gasteiger partial charge is 0.472 e. The van der Waals surface area contributed by atoms with E-state index in [4.69, 9.17) is 24.1 Å². The predicted molar refractivity (Wildman–Crippen MR) is 125 cm³/mol. The van der Waals surface area contributed by atoms with E-state index >= 15 is 0 Å². The lowest BCUT2D eigenvalue weighted by molar-refractivity contribution is -0.339. The zero-order chi connectivity index (χ0) is 26.4. The van der Waals surface area contributed by atoms with Crippen LogP contribution in [-0.2, 0) is 23.7 Å². The summed E-state index contributed by atoms with van der Waals surface area (Å²) in [5.41, 5.74) is 1.99. The summed E-state index contributed by atoms with van der Waals surface area (Å²) in [5, 5.41) is 59.2. The molecule has 2 heterocycles. The molecule has 6 N–H and O–H groups in total. The first-order valence-electron chi connectivity index (χ1n) is 11.9. The molecule has 1 aliphatic carbocycles. The molecule has 0 aromatic heterocycles. The molecular weight excluding hydrogens is 476 g/mol. The zero-order valence-electron chi connectivity index (χ0n) is 20.3. The van der Waals surface area contributed by atoms with Crippen LogP contribution >= 0.6 is 0 Å². The monoisotopic (exact) mass is 512 g/mol. The Morgan fingerprint density at radius 1 is 1.06 bits per heavy atom. The van der Waals surface area contributed by atoms with Crippen molar-refractivity contribution in [1.29, 1.82) is 0 Å². The van der Waals surface area contributed by atoms with Crippen molar-refractivity contribution < 1.29 is 54.4 Å². The lowest BCUT2D eigenvalue weighted by Crippen LogP contribution is -2.60. The molecule has 202 valence electrons. The van der Waals surface area contributed by atoms with Crippen LogP contribution in [0.4, 0.5) is 0 Å². The number of aliphatic hydroxyl groups is 6. The molecule has 36 heavy (non-hydrogen) atoms. The van der Waals surface area contributed by atoms with Crippen LogP contribution in [0.15, 0.2) is 47.3 Å². The summed E-state index contributed by atoms with van der Waals surface area (Å²) >= 11 is 0. The Bertz CT molecular complexity index is 877. The SMILES string of the molecule is CC(=CCO)CCC=C(C)C(=O)OCC1=CC(O)C2C=COC(OC3OC(CO)C(O)C(O)C3O)C12. The number of rotatable bonds is 10. The van der Waals surface area contributed by atoms with Crippen molar-refractivity contribution in [3.8, 4) is 0 Å². The molecule has 11 heteroatoms. The van der Waals surface area contributed by atoms with E-state index in [0.717, 1.165) is 5.57 Å². The molecule has 11 nitrogen and oxygen atoms in total. The average molecular weight is 513 g/mol. The Morgan fingerprint density at radius 3 is 2.50 bits per heavy atom. The van der Waals surface area contributed by atoms with Gasteiger partial charge in [-0.3, -0.25) is 0 Å². The second kappa shape index (κ2) is 12.9. The number of fused-ring (bicyclic) bond motifs is 1. The Kier molecular flexibility index (Phi) is 10.2. The number of carbonyl (C=O) groups excluding carboxylic acids is 1. The number of allylic oxidation sites excluding steroid dienone is 2. The van der Waals surface area contributed by atoms with Gasteiger partial charge in [-0.1, -0.05) is 23.8 Å². The lowest BCUT2D eigenvalue weighted by Gasteiger charge is -2.42. The maximum absolute atomic E-state index is 12.5. The van der Waals surface area contributed by atoms with Gasteiger partial charge in [0.15, 0.2) is 6.29 Å². The van der Waals surface area contributed by atoms with E-state index in [2.05, 4.69) is 0 Å². The first-order chi connectivity index (χ1) is 17.2. The fourth-order valence-corrected chi connectivity index (χ4v) is 4.48. The Balaban J connectivity index is 1.63. The molecule has 0 aromatic rings. The van der Waals surface area contributed by atoms with Crippen molar-refractivity contribution >= 4 is 5.97 Å². The van der Waals surface area contributed by atoms with Crippen molar-refractivity contribution in [2.24, 2.45) is 11.8 Å². The summed E-state index contributed by atoms with van der Waals surface area (Å²) in [4.78, 5) is 12.5. The molecule has 0 saturated carbocycles. The van der Waals surface area contributed by atoms with Gasteiger partial charge in [0.05, 0.1) is 31.5 Å². The van der Waals surface area contributed by atoms with Crippen LogP contribution in [0.3, 0.4) is 0 Å². The fraction of sp³-hybridized carbons (Fsp3) is 0.640. The third-order valence-corrected chi connectivity index (χ3v) is 6.67. The molecule has 3 aliphatic rings. The van der Waals surface area contributed by atoms with E-state index in [9.17, 15) is 30.3 Å². The molecule has 0 amide bonds. The van der Waals surface area contributed by atoms with Crippen LogP contribution in [0.1, 0.15) is 26.7 Å². The second-order valence-corrected chi connectivity index (χ2v) is 9.24. The minimum Gasteiger partial charge on any atom is -0.472 e. The van der Waals surface area contributed by atoms with E-state index in [1.165, 1.54) is 6.26 Å². The molecule has 0 radical (unpaired) electrons. The van der Waals surface area contributed by atoms with Gasteiger partial charge in [0.2, 0.25) is 6.29 Å².